The van der Waals surface area contributed by atoms with Crippen molar-refractivity contribution in [1.29, 1.82) is 0 Å². The second kappa shape index (κ2) is 5.28. The van der Waals surface area contributed by atoms with Crippen molar-refractivity contribution in [3.8, 4) is 0 Å². The van der Waals surface area contributed by atoms with Crippen LogP contribution in [-0.2, 0) is 0 Å². The van der Waals surface area contributed by atoms with Gasteiger partial charge in [0.15, 0.2) is 0 Å². The highest BCUT2D eigenvalue weighted by molar-refractivity contribution is 9.10. The molecule has 2 rings (SSSR count). The maximum Gasteiger partial charge on any atom is 0.129 e. The van der Waals surface area contributed by atoms with E-state index in [-0.39, 0.29) is 11.9 Å². The van der Waals surface area contributed by atoms with Gasteiger partial charge < -0.3 is 5.32 Å². The normalized spacial score (nSPS) is 18.2. The third-order valence-electron chi connectivity index (χ3n) is 3.34. The number of nitrogens with one attached hydrogen (secondary N) is 1. The van der Waals surface area contributed by atoms with E-state index in [4.69, 9.17) is 0 Å². The van der Waals surface area contributed by atoms with Gasteiger partial charge in [-0.05, 0) is 37.4 Å². The maximum atomic E-state index is 13.9. The van der Waals surface area contributed by atoms with Gasteiger partial charge in [-0.15, -0.1) is 0 Å². The topological polar surface area (TPSA) is 12.0 Å². The standard InChI is InChI=1S/C13H17BrFN/c1-2-16-13(9-4-3-5-9)11-7-6-10(14)8-12(11)15/h6-9,13,16H,2-5H2,1H3. The Balaban J connectivity index is 2.23. The van der Waals surface area contributed by atoms with E-state index >= 15 is 0 Å². The van der Waals surface area contributed by atoms with Gasteiger partial charge in [0.05, 0.1) is 0 Å². The molecule has 0 spiro atoms. The summed E-state index contributed by atoms with van der Waals surface area (Å²) in [7, 11) is 0. The van der Waals surface area contributed by atoms with E-state index in [0.717, 1.165) is 16.6 Å². The minimum Gasteiger partial charge on any atom is -0.310 e. The molecule has 0 aromatic heterocycles. The molecule has 1 aliphatic carbocycles. The van der Waals surface area contributed by atoms with Gasteiger partial charge >= 0.3 is 0 Å². The molecule has 1 nitrogen and oxygen atoms in total. The van der Waals surface area contributed by atoms with E-state index in [9.17, 15) is 4.39 Å². The molecule has 16 heavy (non-hydrogen) atoms. The minimum absolute atomic E-state index is 0.104. The third kappa shape index (κ3) is 2.46. The van der Waals surface area contributed by atoms with Crippen LogP contribution < -0.4 is 5.32 Å². The van der Waals surface area contributed by atoms with Gasteiger partial charge in [-0.2, -0.15) is 0 Å². The van der Waals surface area contributed by atoms with Crippen LogP contribution in [0.1, 0.15) is 37.8 Å². The first-order valence-corrected chi connectivity index (χ1v) is 6.70. The molecule has 1 N–H and O–H groups in total. The second-order valence-corrected chi connectivity index (χ2v) is 5.31. The highest BCUT2D eigenvalue weighted by Gasteiger charge is 2.29. The Hall–Kier alpha value is -0.410. The number of rotatable bonds is 4. The van der Waals surface area contributed by atoms with Crippen LogP contribution in [0.3, 0.4) is 0 Å². The second-order valence-electron chi connectivity index (χ2n) is 4.39. The van der Waals surface area contributed by atoms with Crippen LogP contribution in [0, 0.1) is 11.7 Å². The highest BCUT2D eigenvalue weighted by Crippen LogP contribution is 2.38. The highest BCUT2D eigenvalue weighted by atomic mass is 79.9. The molecule has 0 aliphatic heterocycles. The monoisotopic (exact) mass is 285 g/mol. The van der Waals surface area contributed by atoms with Crippen molar-refractivity contribution < 1.29 is 4.39 Å². The van der Waals surface area contributed by atoms with Gasteiger partial charge in [-0.1, -0.05) is 35.3 Å². The van der Waals surface area contributed by atoms with Crippen molar-refractivity contribution in [3.63, 3.8) is 0 Å². The van der Waals surface area contributed by atoms with E-state index in [1.54, 1.807) is 6.07 Å². The Kier molecular flexibility index (Phi) is 3.98. The average Bonchev–Trinajstić information content (AvgIpc) is 2.14. The zero-order valence-electron chi connectivity index (χ0n) is 9.47. The Labute approximate surface area is 105 Å². The fourth-order valence-electron chi connectivity index (χ4n) is 2.28. The quantitative estimate of drug-likeness (QED) is 0.881. The fraction of sp³-hybridized carbons (Fsp3) is 0.538. The van der Waals surface area contributed by atoms with E-state index in [1.807, 2.05) is 12.1 Å². The molecule has 1 fully saturated rings. The van der Waals surface area contributed by atoms with Crippen LogP contribution in [0.15, 0.2) is 22.7 Å². The lowest BCUT2D eigenvalue weighted by Gasteiger charge is -2.34. The summed E-state index contributed by atoms with van der Waals surface area (Å²) in [5, 5.41) is 3.41. The Morgan fingerprint density at radius 3 is 2.75 bits per heavy atom. The van der Waals surface area contributed by atoms with Crippen molar-refractivity contribution >= 4 is 15.9 Å². The summed E-state index contributed by atoms with van der Waals surface area (Å²) < 4.78 is 14.7. The first-order valence-electron chi connectivity index (χ1n) is 5.90. The lowest BCUT2D eigenvalue weighted by atomic mass is 9.77. The molecule has 1 saturated carbocycles. The zero-order valence-corrected chi connectivity index (χ0v) is 11.1. The summed E-state index contributed by atoms with van der Waals surface area (Å²) in [6.07, 6.45) is 3.71. The molecule has 0 amide bonds. The van der Waals surface area contributed by atoms with Crippen LogP contribution in [0.5, 0.6) is 0 Å². The van der Waals surface area contributed by atoms with E-state index in [2.05, 4.69) is 28.2 Å². The average molecular weight is 286 g/mol. The lowest BCUT2D eigenvalue weighted by molar-refractivity contribution is 0.229. The van der Waals surface area contributed by atoms with Gasteiger partial charge in [0.25, 0.3) is 0 Å². The van der Waals surface area contributed by atoms with Crippen molar-refractivity contribution in [2.24, 2.45) is 5.92 Å². The molecule has 1 aromatic carbocycles. The Morgan fingerprint density at radius 2 is 2.25 bits per heavy atom. The molecular formula is C13H17BrFN. The first-order chi connectivity index (χ1) is 7.72. The molecule has 88 valence electrons. The molecule has 3 heteroatoms. The van der Waals surface area contributed by atoms with Gasteiger partial charge in [0.1, 0.15) is 5.82 Å². The molecule has 0 bridgehead atoms. The molecule has 0 radical (unpaired) electrons. The van der Waals surface area contributed by atoms with Gasteiger partial charge in [0, 0.05) is 16.1 Å². The molecule has 1 atom stereocenters. The molecule has 1 aliphatic rings. The fourth-order valence-corrected chi connectivity index (χ4v) is 2.61. The van der Waals surface area contributed by atoms with Crippen LogP contribution in [-0.4, -0.2) is 6.54 Å². The SMILES string of the molecule is CCNC(c1ccc(Br)cc1F)C1CCC1. The summed E-state index contributed by atoms with van der Waals surface area (Å²) in [6.45, 7) is 2.96. The summed E-state index contributed by atoms with van der Waals surface area (Å²) in [4.78, 5) is 0. The van der Waals surface area contributed by atoms with E-state index in [0.29, 0.717) is 5.92 Å². The van der Waals surface area contributed by atoms with E-state index in [1.165, 1.54) is 19.3 Å². The summed E-state index contributed by atoms with van der Waals surface area (Å²) in [6, 6.07) is 5.55. The smallest absolute Gasteiger partial charge is 0.129 e. The van der Waals surface area contributed by atoms with Crippen molar-refractivity contribution in [2.75, 3.05) is 6.54 Å². The van der Waals surface area contributed by atoms with Crippen molar-refractivity contribution in [1.82, 2.24) is 5.32 Å². The number of halogens is 2. The van der Waals surface area contributed by atoms with Gasteiger partial charge in [0.2, 0.25) is 0 Å². The van der Waals surface area contributed by atoms with Gasteiger partial charge in [-0.25, -0.2) is 4.39 Å². The summed E-state index contributed by atoms with van der Waals surface area (Å²) in [5.74, 6) is 0.503. The number of hydrogen-bond acceptors (Lipinski definition) is 1. The predicted molar refractivity (Wildman–Crippen MR) is 67.9 cm³/mol. The zero-order chi connectivity index (χ0) is 11.5. The molecular weight excluding hydrogens is 269 g/mol. The summed E-state index contributed by atoms with van der Waals surface area (Å²) >= 11 is 3.29. The van der Waals surface area contributed by atoms with E-state index < -0.39 is 0 Å². The number of hydrogen-bond donors (Lipinski definition) is 1. The maximum absolute atomic E-state index is 13.9. The van der Waals surface area contributed by atoms with Crippen LogP contribution in [0.2, 0.25) is 0 Å². The van der Waals surface area contributed by atoms with Crippen LogP contribution >= 0.6 is 15.9 Å². The van der Waals surface area contributed by atoms with Crippen LogP contribution in [0.25, 0.3) is 0 Å². The minimum atomic E-state index is -0.104. The predicted octanol–water partition coefficient (Wildman–Crippen LogP) is 4.04. The Morgan fingerprint density at radius 1 is 1.50 bits per heavy atom. The lowest BCUT2D eigenvalue weighted by Crippen LogP contribution is -2.32. The molecule has 1 unspecified atom stereocenters. The van der Waals surface area contributed by atoms with Crippen molar-refractivity contribution in [2.45, 2.75) is 32.2 Å². The molecule has 0 heterocycles. The molecule has 1 aromatic rings. The number of benzene rings is 1. The Bertz CT molecular complexity index is 363. The van der Waals surface area contributed by atoms with Gasteiger partial charge in [-0.3, -0.25) is 0 Å². The summed E-state index contributed by atoms with van der Waals surface area (Å²) in [5.41, 5.74) is 0.815. The van der Waals surface area contributed by atoms with Crippen LogP contribution in [0.4, 0.5) is 4.39 Å². The third-order valence-corrected chi connectivity index (χ3v) is 3.84. The molecule has 0 saturated heterocycles. The largest absolute Gasteiger partial charge is 0.310 e. The first kappa shape index (κ1) is 12.1. The van der Waals surface area contributed by atoms with Crippen molar-refractivity contribution in [3.05, 3.63) is 34.1 Å².